The molecule has 266 valence electrons. The van der Waals surface area contributed by atoms with Crippen molar-refractivity contribution in [3.63, 3.8) is 0 Å². The van der Waals surface area contributed by atoms with Gasteiger partial charge in [-0.15, -0.1) is 11.8 Å². The van der Waals surface area contributed by atoms with Gasteiger partial charge in [-0.3, -0.25) is 4.98 Å². The Morgan fingerprint density at radius 3 is 2.51 bits per heavy atom. The number of thioether (sulfide) groups is 1. The molecule has 5 rings (SSSR count). The Morgan fingerprint density at radius 1 is 1.04 bits per heavy atom. The van der Waals surface area contributed by atoms with E-state index in [0.717, 1.165) is 63.5 Å². The van der Waals surface area contributed by atoms with Gasteiger partial charge in [-0.25, -0.2) is 4.79 Å². The Kier molecular flexibility index (Phi) is 13.2. The van der Waals surface area contributed by atoms with Crippen molar-refractivity contribution in [3.05, 3.63) is 77.1 Å². The van der Waals surface area contributed by atoms with Crippen molar-refractivity contribution < 1.29 is 44.5 Å². The van der Waals surface area contributed by atoms with Gasteiger partial charge in [0.15, 0.2) is 0 Å². The first-order valence-corrected chi connectivity index (χ1v) is 17.7. The van der Waals surface area contributed by atoms with Crippen molar-refractivity contribution in [3.8, 4) is 16.9 Å². The van der Waals surface area contributed by atoms with E-state index < -0.39 is 49.2 Å². The highest BCUT2D eigenvalue weighted by Gasteiger charge is 2.48. The molecule has 49 heavy (non-hydrogen) atoms. The zero-order valence-corrected chi connectivity index (χ0v) is 28.6. The fraction of sp³-hybridized carbons (Fsp3) is 0.486. The molecule has 2 aliphatic rings. The standard InChI is InChI=1S/C35H44ClN3O9S/c36-28-8-7-24(49-16-15-46-14-13-39(34(37)45)19-29(41)32(43)33(44)30(42)20-40)17-22(28)21-47-35(10-11-35)27-18-38-12-9-25(27)26-3-1-2-4-31(26)48-23-5-6-23/h1-4,7-9,12,17-18,23,29-30,32-33,40-44H,5-6,10-11,13-16,19-21H2,(H2,37,45)/t29-,30+,32+,33+/m0/s1. The maximum atomic E-state index is 11.8. The molecule has 2 saturated carbocycles. The lowest BCUT2D eigenvalue weighted by Crippen LogP contribution is -2.52. The third-order valence-electron chi connectivity index (χ3n) is 8.58. The van der Waals surface area contributed by atoms with E-state index in [1.165, 1.54) is 0 Å². The van der Waals surface area contributed by atoms with Crippen molar-refractivity contribution in [2.24, 2.45) is 5.73 Å². The van der Waals surface area contributed by atoms with Gasteiger partial charge in [-0.2, -0.15) is 0 Å². The average molecular weight is 718 g/mol. The molecule has 0 spiro atoms. The van der Waals surface area contributed by atoms with Crippen LogP contribution in [0.4, 0.5) is 4.79 Å². The van der Waals surface area contributed by atoms with Crippen LogP contribution in [0.3, 0.4) is 0 Å². The van der Waals surface area contributed by atoms with Crippen LogP contribution in [0.15, 0.2) is 65.8 Å². The number of rotatable bonds is 20. The number of primary amides is 1. The van der Waals surface area contributed by atoms with E-state index in [0.29, 0.717) is 24.0 Å². The van der Waals surface area contributed by atoms with E-state index in [1.807, 2.05) is 48.7 Å². The molecule has 2 aliphatic carbocycles. The second-order valence-corrected chi connectivity index (χ2v) is 13.9. The smallest absolute Gasteiger partial charge is 0.314 e. The number of aromatic nitrogens is 1. The number of nitrogens with two attached hydrogens (primary N) is 1. The molecule has 12 nitrogen and oxygen atoms in total. The molecule has 1 aromatic heterocycles. The minimum absolute atomic E-state index is 0.0321. The highest BCUT2D eigenvalue weighted by molar-refractivity contribution is 7.99. The van der Waals surface area contributed by atoms with Gasteiger partial charge >= 0.3 is 6.03 Å². The van der Waals surface area contributed by atoms with Gasteiger partial charge in [0.25, 0.3) is 0 Å². The van der Waals surface area contributed by atoms with Crippen LogP contribution in [0.5, 0.6) is 5.75 Å². The molecular weight excluding hydrogens is 674 g/mol. The SMILES string of the molecule is NC(=O)N(CCOCCSc1ccc(Cl)c(COC2(c3cnccc3-c3ccccc3OC3CC3)CC2)c1)C[C@H](O)[C@@H](O)[C@H](O)[C@H](O)CO. The summed E-state index contributed by atoms with van der Waals surface area (Å²) in [5, 5.41) is 49.0. The molecule has 2 fully saturated rings. The van der Waals surface area contributed by atoms with Crippen LogP contribution in [0.2, 0.25) is 5.02 Å². The number of aliphatic hydroxyl groups is 5. The molecule has 3 aromatic rings. The van der Waals surface area contributed by atoms with Crippen molar-refractivity contribution in [1.82, 2.24) is 9.88 Å². The number of pyridine rings is 1. The summed E-state index contributed by atoms with van der Waals surface area (Å²) in [6.45, 7) is -0.366. The first-order valence-electron chi connectivity index (χ1n) is 16.3. The number of carbonyl (C=O) groups is 1. The first kappa shape index (κ1) is 37.3. The van der Waals surface area contributed by atoms with E-state index >= 15 is 0 Å². The normalized spacial score (nSPS) is 17.6. The van der Waals surface area contributed by atoms with Crippen molar-refractivity contribution in [2.75, 3.05) is 38.7 Å². The summed E-state index contributed by atoms with van der Waals surface area (Å²) in [6.07, 6.45) is 1.05. The van der Waals surface area contributed by atoms with Gasteiger partial charge < -0.3 is 50.4 Å². The molecule has 0 unspecified atom stereocenters. The van der Waals surface area contributed by atoms with E-state index in [4.69, 9.17) is 36.7 Å². The van der Waals surface area contributed by atoms with Crippen LogP contribution >= 0.6 is 23.4 Å². The number of urea groups is 1. The van der Waals surface area contributed by atoms with Crippen molar-refractivity contribution in [1.29, 1.82) is 0 Å². The molecule has 7 N–H and O–H groups in total. The molecule has 1 heterocycles. The summed E-state index contributed by atoms with van der Waals surface area (Å²) in [4.78, 5) is 18.3. The number of hydrogen-bond donors (Lipinski definition) is 6. The summed E-state index contributed by atoms with van der Waals surface area (Å²) >= 11 is 8.17. The topological polar surface area (TPSA) is 188 Å². The lowest BCUT2D eigenvalue weighted by molar-refractivity contribution is -0.118. The minimum atomic E-state index is -1.80. The van der Waals surface area contributed by atoms with Gasteiger partial charge in [-0.05, 0) is 67.1 Å². The number of ether oxygens (including phenoxy) is 3. The number of halogens is 1. The molecule has 2 aromatic carbocycles. The Labute approximate surface area is 294 Å². The third-order valence-corrected chi connectivity index (χ3v) is 9.91. The van der Waals surface area contributed by atoms with Gasteiger partial charge in [0.05, 0.1) is 44.7 Å². The number of carbonyl (C=O) groups excluding carboxylic acids is 1. The summed E-state index contributed by atoms with van der Waals surface area (Å²) in [7, 11) is 0. The van der Waals surface area contributed by atoms with Crippen LogP contribution in [-0.2, 0) is 21.7 Å². The second-order valence-electron chi connectivity index (χ2n) is 12.3. The Balaban J connectivity index is 1.10. The lowest BCUT2D eigenvalue weighted by Gasteiger charge is -2.29. The van der Waals surface area contributed by atoms with Gasteiger partial charge in [0.2, 0.25) is 0 Å². The quantitative estimate of drug-likeness (QED) is 0.0745. The number of benzene rings is 2. The van der Waals surface area contributed by atoms with E-state index in [-0.39, 0.29) is 19.3 Å². The number of para-hydroxylation sites is 1. The van der Waals surface area contributed by atoms with Crippen molar-refractivity contribution in [2.45, 2.75) is 73.3 Å². The number of aliphatic hydroxyl groups excluding tert-OH is 5. The third kappa shape index (κ3) is 10.1. The summed E-state index contributed by atoms with van der Waals surface area (Å²) in [6, 6.07) is 15.1. The molecule has 14 heteroatoms. The average Bonchev–Trinajstić information content (AvgIpc) is 4.06. The Bertz CT molecular complexity index is 1540. The second kappa shape index (κ2) is 17.3. The minimum Gasteiger partial charge on any atom is -0.490 e. The van der Waals surface area contributed by atoms with Crippen molar-refractivity contribution >= 4 is 29.4 Å². The highest BCUT2D eigenvalue weighted by Crippen LogP contribution is 2.53. The largest absolute Gasteiger partial charge is 0.490 e. The van der Waals surface area contributed by atoms with Crippen LogP contribution in [0, 0.1) is 0 Å². The van der Waals surface area contributed by atoms with Crippen LogP contribution < -0.4 is 10.5 Å². The van der Waals surface area contributed by atoms with E-state index in [9.17, 15) is 25.2 Å². The van der Waals surface area contributed by atoms with E-state index in [2.05, 4.69) is 11.1 Å². The number of hydrogen-bond acceptors (Lipinski definition) is 11. The predicted octanol–water partition coefficient (Wildman–Crippen LogP) is 3.07. The summed E-state index contributed by atoms with van der Waals surface area (Å²) in [5.74, 6) is 1.48. The lowest BCUT2D eigenvalue weighted by atomic mass is 9.96. The molecular formula is C35H44ClN3O9S. The molecule has 0 radical (unpaired) electrons. The van der Waals surface area contributed by atoms with Crippen LogP contribution in [-0.4, -0.2) is 111 Å². The predicted molar refractivity (Wildman–Crippen MR) is 184 cm³/mol. The first-order chi connectivity index (χ1) is 23.6. The van der Waals surface area contributed by atoms with Crippen LogP contribution in [0.1, 0.15) is 36.8 Å². The summed E-state index contributed by atoms with van der Waals surface area (Å²) < 4.78 is 18.5. The molecule has 4 atom stereocenters. The highest BCUT2D eigenvalue weighted by atomic mass is 35.5. The van der Waals surface area contributed by atoms with E-state index in [1.54, 1.807) is 18.0 Å². The fourth-order valence-corrected chi connectivity index (χ4v) is 6.40. The molecule has 0 saturated heterocycles. The molecule has 2 amide bonds. The maximum Gasteiger partial charge on any atom is 0.314 e. The fourth-order valence-electron chi connectivity index (χ4n) is 5.41. The van der Waals surface area contributed by atoms with Gasteiger partial charge in [0.1, 0.15) is 30.2 Å². The zero-order valence-electron chi connectivity index (χ0n) is 27.1. The Hall–Kier alpha value is -2.98. The molecule has 0 bridgehead atoms. The number of amides is 2. The zero-order chi connectivity index (χ0) is 35.0. The monoisotopic (exact) mass is 717 g/mol. The number of nitrogens with zero attached hydrogens (tertiary/aromatic N) is 2. The molecule has 0 aliphatic heterocycles. The van der Waals surface area contributed by atoms with Gasteiger partial charge in [-0.1, -0.05) is 29.8 Å². The summed E-state index contributed by atoms with van der Waals surface area (Å²) in [5.41, 5.74) is 8.94. The van der Waals surface area contributed by atoms with Gasteiger partial charge in [0, 0.05) is 45.7 Å². The Morgan fingerprint density at radius 2 is 1.80 bits per heavy atom. The maximum absolute atomic E-state index is 11.8. The van der Waals surface area contributed by atoms with Crippen LogP contribution in [0.25, 0.3) is 11.1 Å².